The van der Waals surface area contributed by atoms with Crippen LogP contribution in [0.15, 0.2) is 23.5 Å². The van der Waals surface area contributed by atoms with Crippen LogP contribution in [0, 0.1) is 5.82 Å². The van der Waals surface area contributed by atoms with Crippen molar-refractivity contribution < 1.29 is 4.39 Å². The normalized spacial score (nSPS) is 10.1. The highest BCUT2D eigenvalue weighted by Crippen LogP contribution is 2.12. The topological polar surface area (TPSA) is 61.7 Å². The van der Waals surface area contributed by atoms with E-state index in [2.05, 4.69) is 15.0 Å². The van der Waals surface area contributed by atoms with Gasteiger partial charge in [-0.3, -0.25) is 0 Å². The van der Waals surface area contributed by atoms with Gasteiger partial charge in [-0.15, -0.1) is 0 Å². The second-order valence-electron chi connectivity index (χ2n) is 2.36. The first kappa shape index (κ1) is 10.5. The SMILES string of the molecule is [N-]=[N+]=NCC=Cc1cnc(Cl)c(F)c1. The summed E-state index contributed by atoms with van der Waals surface area (Å²) in [6.07, 6.45) is 4.63. The van der Waals surface area contributed by atoms with E-state index in [0.29, 0.717) is 5.56 Å². The summed E-state index contributed by atoms with van der Waals surface area (Å²) >= 11 is 5.39. The summed E-state index contributed by atoms with van der Waals surface area (Å²) < 4.78 is 12.8. The third-order valence-corrected chi connectivity index (χ3v) is 1.66. The standard InChI is InChI=1S/C8H6ClFN4/c9-8-7(10)4-6(5-12-8)2-1-3-13-14-11/h1-2,4-5H,3H2. The van der Waals surface area contributed by atoms with E-state index in [4.69, 9.17) is 17.1 Å². The van der Waals surface area contributed by atoms with Crippen LogP contribution in [-0.2, 0) is 0 Å². The summed E-state index contributed by atoms with van der Waals surface area (Å²) in [5.74, 6) is -0.572. The van der Waals surface area contributed by atoms with Crippen LogP contribution >= 0.6 is 11.6 Å². The molecule has 0 N–H and O–H groups in total. The molecule has 0 aliphatic carbocycles. The second-order valence-corrected chi connectivity index (χ2v) is 2.72. The van der Waals surface area contributed by atoms with Gasteiger partial charge in [0.25, 0.3) is 0 Å². The first-order valence-electron chi connectivity index (χ1n) is 3.72. The summed E-state index contributed by atoms with van der Waals surface area (Å²) in [6.45, 7) is 0.223. The average molecular weight is 213 g/mol. The van der Waals surface area contributed by atoms with Crippen molar-refractivity contribution in [2.24, 2.45) is 5.11 Å². The van der Waals surface area contributed by atoms with E-state index < -0.39 is 5.82 Å². The predicted octanol–water partition coefficient (Wildman–Crippen LogP) is 3.20. The van der Waals surface area contributed by atoms with Crippen LogP contribution < -0.4 is 0 Å². The average Bonchev–Trinajstić information content (AvgIpc) is 2.18. The maximum Gasteiger partial charge on any atom is 0.164 e. The van der Waals surface area contributed by atoms with Gasteiger partial charge in [-0.25, -0.2) is 9.37 Å². The molecule has 0 saturated heterocycles. The number of halogens is 2. The molecule has 0 bridgehead atoms. The fraction of sp³-hybridized carbons (Fsp3) is 0.125. The van der Waals surface area contributed by atoms with Gasteiger partial charge in [0.05, 0.1) is 0 Å². The van der Waals surface area contributed by atoms with Crippen molar-refractivity contribution in [2.75, 3.05) is 6.54 Å². The molecule has 4 nitrogen and oxygen atoms in total. The van der Waals surface area contributed by atoms with Gasteiger partial charge in [0.1, 0.15) is 0 Å². The lowest BCUT2D eigenvalue weighted by molar-refractivity contribution is 0.621. The summed E-state index contributed by atoms with van der Waals surface area (Å²) in [4.78, 5) is 6.17. The van der Waals surface area contributed by atoms with Crippen molar-refractivity contribution in [1.82, 2.24) is 4.98 Å². The lowest BCUT2D eigenvalue weighted by atomic mass is 10.2. The van der Waals surface area contributed by atoms with E-state index in [1.54, 1.807) is 12.2 Å². The van der Waals surface area contributed by atoms with Crippen molar-refractivity contribution in [2.45, 2.75) is 0 Å². The van der Waals surface area contributed by atoms with Crippen molar-refractivity contribution in [3.05, 3.63) is 45.3 Å². The zero-order valence-corrected chi connectivity index (χ0v) is 7.82. The molecule has 1 rings (SSSR count). The van der Waals surface area contributed by atoms with Gasteiger partial charge in [-0.1, -0.05) is 28.9 Å². The molecule has 0 amide bonds. The minimum atomic E-state index is -0.572. The van der Waals surface area contributed by atoms with Crippen LogP contribution in [0.3, 0.4) is 0 Å². The molecule has 0 aliphatic heterocycles. The van der Waals surface area contributed by atoms with Crippen molar-refractivity contribution in [1.29, 1.82) is 0 Å². The quantitative estimate of drug-likeness (QED) is 0.328. The monoisotopic (exact) mass is 212 g/mol. The van der Waals surface area contributed by atoms with Crippen LogP contribution in [0.1, 0.15) is 5.56 Å². The van der Waals surface area contributed by atoms with Crippen molar-refractivity contribution in [3.63, 3.8) is 0 Å². The van der Waals surface area contributed by atoms with Gasteiger partial charge in [0.2, 0.25) is 0 Å². The van der Waals surface area contributed by atoms with E-state index in [0.717, 1.165) is 0 Å². The van der Waals surface area contributed by atoms with Gasteiger partial charge in [-0.05, 0) is 17.2 Å². The van der Waals surface area contributed by atoms with E-state index in [1.807, 2.05) is 0 Å². The highest BCUT2D eigenvalue weighted by atomic mass is 35.5. The molecule has 0 fully saturated rings. The van der Waals surface area contributed by atoms with Gasteiger partial charge in [0, 0.05) is 17.7 Å². The summed E-state index contributed by atoms with van der Waals surface area (Å²) in [5.41, 5.74) is 8.55. The van der Waals surface area contributed by atoms with Gasteiger partial charge >= 0.3 is 0 Å². The maximum absolute atomic E-state index is 12.8. The molecule has 72 valence electrons. The zero-order valence-electron chi connectivity index (χ0n) is 7.06. The van der Waals surface area contributed by atoms with Gasteiger partial charge in [-0.2, -0.15) is 0 Å². The third-order valence-electron chi connectivity index (χ3n) is 1.38. The Hall–Kier alpha value is -1.58. The number of nitrogens with zero attached hydrogens (tertiary/aromatic N) is 4. The smallest absolute Gasteiger partial charge is 0.164 e. The van der Waals surface area contributed by atoms with Crippen LogP contribution in [0.2, 0.25) is 5.15 Å². The van der Waals surface area contributed by atoms with Crippen LogP contribution in [-0.4, -0.2) is 11.5 Å². The predicted molar refractivity (Wildman–Crippen MR) is 52.3 cm³/mol. The Morgan fingerprint density at radius 2 is 2.50 bits per heavy atom. The first-order valence-corrected chi connectivity index (χ1v) is 4.10. The molecular formula is C8H6ClFN4. The van der Waals surface area contributed by atoms with Crippen LogP contribution in [0.25, 0.3) is 16.5 Å². The Morgan fingerprint density at radius 1 is 1.71 bits per heavy atom. The number of hydrogen-bond acceptors (Lipinski definition) is 2. The van der Waals surface area contributed by atoms with Gasteiger partial charge < -0.3 is 0 Å². The minimum absolute atomic E-state index is 0.155. The molecule has 1 aromatic heterocycles. The first-order chi connectivity index (χ1) is 6.74. The molecule has 6 heteroatoms. The lowest BCUT2D eigenvalue weighted by Crippen LogP contribution is -1.84. The Morgan fingerprint density at radius 3 is 3.14 bits per heavy atom. The molecule has 0 saturated carbocycles. The molecule has 0 aliphatic rings. The highest BCUT2D eigenvalue weighted by molar-refractivity contribution is 6.29. The summed E-state index contributed by atoms with van der Waals surface area (Å²) in [5, 5.41) is 3.12. The Balaban J connectivity index is 2.72. The zero-order chi connectivity index (χ0) is 10.4. The Bertz CT molecular complexity index is 398. The largest absolute Gasteiger partial charge is 0.241 e. The number of azide groups is 1. The fourth-order valence-electron chi connectivity index (χ4n) is 0.800. The number of rotatable bonds is 3. The van der Waals surface area contributed by atoms with E-state index in [-0.39, 0.29) is 11.7 Å². The van der Waals surface area contributed by atoms with E-state index in [1.165, 1.54) is 12.3 Å². The third kappa shape index (κ3) is 3.05. The second kappa shape index (κ2) is 5.21. The molecule has 1 aromatic rings. The maximum atomic E-state index is 12.8. The number of hydrogen-bond donors (Lipinski definition) is 0. The van der Waals surface area contributed by atoms with Crippen LogP contribution in [0.4, 0.5) is 4.39 Å². The van der Waals surface area contributed by atoms with E-state index >= 15 is 0 Å². The highest BCUT2D eigenvalue weighted by Gasteiger charge is 1.99. The minimum Gasteiger partial charge on any atom is -0.241 e. The molecule has 0 unspecified atom stereocenters. The molecule has 0 radical (unpaired) electrons. The van der Waals surface area contributed by atoms with Crippen LogP contribution in [0.5, 0.6) is 0 Å². The van der Waals surface area contributed by atoms with Crippen molar-refractivity contribution in [3.8, 4) is 0 Å². The summed E-state index contributed by atoms with van der Waals surface area (Å²) in [7, 11) is 0. The Kier molecular flexibility index (Phi) is 3.91. The molecular weight excluding hydrogens is 207 g/mol. The Labute approximate surface area is 84.7 Å². The molecule has 0 spiro atoms. The lowest BCUT2D eigenvalue weighted by Gasteiger charge is -1.94. The summed E-state index contributed by atoms with van der Waals surface area (Å²) in [6, 6.07) is 1.25. The van der Waals surface area contributed by atoms with Gasteiger partial charge in [0.15, 0.2) is 11.0 Å². The molecule has 0 atom stereocenters. The molecule has 1 heterocycles. The van der Waals surface area contributed by atoms with E-state index in [9.17, 15) is 4.39 Å². The number of pyridine rings is 1. The van der Waals surface area contributed by atoms with Crippen molar-refractivity contribution >= 4 is 17.7 Å². The fourth-order valence-corrected chi connectivity index (χ4v) is 0.903. The number of aromatic nitrogens is 1. The molecule has 0 aromatic carbocycles. The molecule has 14 heavy (non-hydrogen) atoms.